The molecule has 0 amide bonds. The van der Waals surface area contributed by atoms with Gasteiger partial charge < -0.3 is 4.74 Å². The first-order valence-electron chi connectivity index (χ1n) is 11.9. The van der Waals surface area contributed by atoms with E-state index in [9.17, 15) is 45.5 Å². The van der Waals surface area contributed by atoms with Gasteiger partial charge in [-0.05, 0) is 25.1 Å². The third-order valence-electron chi connectivity index (χ3n) is 6.56. The van der Waals surface area contributed by atoms with Gasteiger partial charge in [-0.25, -0.2) is 14.4 Å². The molecule has 0 bridgehead atoms. The molecule has 0 saturated carbocycles. The van der Waals surface area contributed by atoms with Crippen molar-refractivity contribution >= 4 is 28.6 Å². The summed E-state index contributed by atoms with van der Waals surface area (Å²) in [5.74, 6) is -2.86. The zero-order chi connectivity index (χ0) is 30.5. The summed E-state index contributed by atoms with van der Waals surface area (Å²) in [6, 6.07) is 3.53. The van der Waals surface area contributed by atoms with Gasteiger partial charge in [-0.1, -0.05) is 24.3 Å². The lowest BCUT2D eigenvalue weighted by Crippen LogP contribution is -2.50. The first kappa shape index (κ1) is 30.0. The number of aromatic nitrogens is 4. The summed E-state index contributed by atoms with van der Waals surface area (Å²) in [6.07, 6.45) is -4.96. The first-order chi connectivity index (χ1) is 19.0. The summed E-state index contributed by atoms with van der Waals surface area (Å²) in [7, 11) is 1.24. The van der Waals surface area contributed by atoms with E-state index in [1.54, 1.807) is 0 Å². The molecule has 2 heterocycles. The van der Waals surface area contributed by atoms with Crippen molar-refractivity contribution in [2.45, 2.75) is 37.2 Å². The van der Waals surface area contributed by atoms with E-state index in [1.807, 2.05) is 0 Å². The lowest BCUT2D eigenvalue weighted by atomic mass is 9.86. The predicted octanol–water partition coefficient (Wildman–Crippen LogP) is 3.67. The van der Waals surface area contributed by atoms with E-state index in [4.69, 9.17) is 16.3 Å². The van der Waals surface area contributed by atoms with Gasteiger partial charge >= 0.3 is 29.7 Å². The number of hydrogen-bond donors (Lipinski definition) is 0. The Labute approximate surface area is 231 Å². The van der Waals surface area contributed by atoms with Gasteiger partial charge in [-0.2, -0.15) is 26.3 Å². The number of carbonyl (C=O) groups is 1. The van der Waals surface area contributed by atoms with E-state index in [0.29, 0.717) is 19.8 Å². The summed E-state index contributed by atoms with van der Waals surface area (Å²) in [6.45, 7) is -1.32. The molecule has 220 valence electrons. The van der Waals surface area contributed by atoms with E-state index in [1.165, 1.54) is 32.2 Å². The molecule has 41 heavy (non-hydrogen) atoms. The van der Waals surface area contributed by atoms with Crippen LogP contribution in [0.15, 0.2) is 63.1 Å². The highest BCUT2D eigenvalue weighted by Gasteiger charge is 2.56. The topological polar surface area (TPSA) is 97.2 Å². The molecule has 0 saturated heterocycles. The van der Waals surface area contributed by atoms with Crippen molar-refractivity contribution in [1.29, 1.82) is 0 Å². The van der Waals surface area contributed by atoms with Gasteiger partial charge in [0, 0.05) is 25.7 Å². The standard InChI is InChI=1S/C25H21ClF6N4O5/c1-3-41-20(38)16-12-34(15-7-8-17-18(10-15)36(13-24(27,28)29)21(39)33(17)2)22(40)35(19(16)37)11-14-6-4-5-9-23(14,26)25(30,31)32/h4-10,12,14H,3,11,13H2,1-2H3. The van der Waals surface area contributed by atoms with Crippen LogP contribution in [-0.4, -0.2) is 48.1 Å². The zero-order valence-electron chi connectivity index (χ0n) is 21.3. The number of allylic oxidation sites excluding steroid dienone is 4. The Kier molecular flexibility index (Phi) is 7.62. The Morgan fingerprint density at radius 3 is 2.32 bits per heavy atom. The van der Waals surface area contributed by atoms with Crippen LogP contribution in [0.1, 0.15) is 17.3 Å². The van der Waals surface area contributed by atoms with Crippen LogP contribution in [0.25, 0.3) is 16.7 Å². The molecule has 2 aromatic heterocycles. The largest absolute Gasteiger partial charge is 0.462 e. The monoisotopic (exact) mass is 606 g/mol. The molecule has 4 rings (SSSR count). The smallest absolute Gasteiger partial charge is 0.411 e. The predicted molar refractivity (Wildman–Crippen MR) is 135 cm³/mol. The summed E-state index contributed by atoms with van der Waals surface area (Å²) in [5, 5.41) is 0. The molecule has 9 nitrogen and oxygen atoms in total. The Morgan fingerprint density at radius 1 is 1.02 bits per heavy atom. The van der Waals surface area contributed by atoms with Crippen molar-refractivity contribution in [1.82, 2.24) is 18.3 Å². The number of benzene rings is 1. The lowest BCUT2D eigenvalue weighted by molar-refractivity contribution is -0.159. The average Bonchev–Trinajstić information content (AvgIpc) is 3.10. The fourth-order valence-electron chi connectivity index (χ4n) is 4.53. The van der Waals surface area contributed by atoms with Crippen molar-refractivity contribution in [2.24, 2.45) is 13.0 Å². The number of halogens is 7. The minimum absolute atomic E-state index is 0.0752. The third-order valence-corrected chi connectivity index (χ3v) is 7.18. The van der Waals surface area contributed by atoms with Crippen LogP contribution < -0.4 is 16.9 Å². The maximum absolute atomic E-state index is 13.9. The van der Waals surface area contributed by atoms with Crippen molar-refractivity contribution in [3.63, 3.8) is 0 Å². The SMILES string of the molecule is CCOC(=O)c1cn(-c2ccc3c(c2)n(CC(F)(F)F)c(=O)n3C)c(=O)n(CC2C=CC=CC2(Cl)C(F)(F)F)c1=O. The molecular weight excluding hydrogens is 586 g/mol. The highest BCUT2D eigenvalue weighted by atomic mass is 35.5. The molecule has 1 aliphatic rings. The number of alkyl halides is 7. The van der Waals surface area contributed by atoms with Crippen LogP contribution in [0.3, 0.4) is 0 Å². The molecule has 0 N–H and O–H groups in total. The number of rotatable bonds is 6. The molecule has 2 unspecified atom stereocenters. The van der Waals surface area contributed by atoms with Crippen LogP contribution >= 0.6 is 11.6 Å². The normalized spacial score (nSPS) is 19.2. The molecule has 1 aromatic carbocycles. The van der Waals surface area contributed by atoms with E-state index < -0.39 is 64.7 Å². The number of hydrogen-bond acceptors (Lipinski definition) is 5. The van der Waals surface area contributed by atoms with Crippen molar-refractivity contribution < 1.29 is 35.9 Å². The maximum atomic E-state index is 13.9. The molecule has 0 fully saturated rings. The van der Waals surface area contributed by atoms with Crippen LogP contribution in [0.5, 0.6) is 0 Å². The highest BCUT2D eigenvalue weighted by molar-refractivity contribution is 6.26. The van der Waals surface area contributed by atoms with E-state index in [2.05, 4.69) is 0 Å². The number of fused-ring (bicyclic) bond motifs is 1. The van der Waals surface area contributed by atoms with Crippen LogP contribution in [0.2, 0.25) is 0 Å². The molecular formula is C25H21ClF6N4O5. The molecule has 16 heteroatoms. The maximum Gasteiger partial charge on any atom is 0.411 e. The number of nitrogens with zero attached hydrogens (tertiary/aromatic N) is 4. The number of carbonyl (C=O) groups excluding carboxylic acids is 1. The van der Waals surface area contributed by atoms with Crippen molar-refractivity contribution in [2.75, 3.05) is 6.61 Å². The van der Waals surface area contributed by atoms with Gasteiger partial charge in [0.05, 0.1) is 23.3 Å². The Hall–Kier alpha value is -4.01. The van der Waals surface area contributed by atoms with Crippen LogP contribution in [0.4, 0.5) is 26.3 Å². The number of aryl methyl sites for hydroxylation is 1. The highest BCUT2D eigenvalue weighted by Crippen LogP contribution is 2.45. The second-order valence-electron chi connectivity index (χ2n) is 9.16. The van der Waals surface area contributed by atoms with E-state index in [-0.39, 0.29) is 23.3 Å². The van der Waals surface area contributed by atoms with Crippen molar-refractivity contribution in [3.8, 4) is 5.69 Å². The third kappa shape index (κ3) is 5.37. The fraction of sp³-hybridized carbons (Fsp3) is 0.360. The minimum atomic E-state index is -5.00. The second-order valence-corrected chi connectivity index (χ2v) is 9.79. The average molecular weight is 607 g/mol. The number of esters is 1. The lowest BCUT2D eigenvalue weighted by Gasteiger charge is -2.34. The number of imidazole rings is 1. The summed E-state index contributed by atoms with van der Waals surface area (Å²) >= 11 is 5.93. The second kappa shape index (κ2) is 10.4. The van der Waals surface area contributed by atoms with Crippen molar-refractivity contribution in [3.05, 3.63) is 85.6 Å². The van der Waals surface area contributed by atoms with Gasteiger partial charge in [0.2, 0.25) is 0 Å². The molecule has 2 atom stereocenters. The molecule has 0 radical (unpaired) electrons. The van der Waals surface area contributed by atoms with Gasteiger partial charge in [-0.3, -0.25) is 23.1 Å². The Bertz CT molecular complexity index is 1760. The van der Waals surface area contributed by atoms with Gasteiger partial charge in [0.25, 0.3) is 5.56 Å². The molecule has 1 aliphatic carbocycles. The van der Waals surface area contributed by atoms with Crippen LogP contribution in [0, 0.1) is 5.92 Å². The number of ether oxygens (including phenoxy) is 1. The Balaban J connectivity index is 1.96. The summed E-state index contributed by atoms with van der Waals surface area (Å²) < 4.78 is 88.7. The van der Waals surface area contributed by atoms with Gasteiger partial charge in [0.15, 0.2) is 4.87 Å². The first-order valence-corrected chi connectivity index (χ1v) is 12.3. The molecule has 0 spiro atoms. The zero-order valence-corrected chi connectivity index (χ0v) is 22.0. The Morgan fingerprint density at radius 2 is 1.71 bits per heavy atom. The summed E-state index contributed by atoms with van der Waals surface area (Å²) in [4.78, 5) is 48.8. The van der Waals surface area contributed by atoms with E-state index >= 15 is 0 Å². The van der Waals surface area contributed by atoms with E-state index in [0.717, 1.165) is 29.0 Å². The molecule has 0 aliphatic heterocycles. The fourth-order valence-corrected chi connectivity index (χ4v) is 4.74. The molecule has 3 aromatic rings. The summed E-state index contributed by atoms with van der Waals surface area (Å²) in [5.41, 5.74) is -4.54. The van der Waals surface area contributed by atoms with Gasteiger partial charge in [-0.15, -0.1) is 11.6 Å². The minimum Gasteiger partial charge on any atom is -0.462 e. The quantitative estimate of drug-likeness (QED) is 0.242. The van der Waals surface area contributed by atoms with Gasteiger partial charge in [0.1, 0.15) is 12.1 Å². The van der Waals surface area contributed by atoms with Crippen LogP contribution in [-0.2, 0) is 24.9 Å².